The predicted octanol–water partition coefficient (Wildman–Crippen LogP) is 2.08. The molecule has 2 aromatic carbocycles. The summed E-state index contributed by atoms with van der Waals surface area (Å²) in [6, 6.07) is 8.59. The van der Waals surface area contributed by atoms with E-state index < -0.39 is 22.1 Å². The second-order valence-electron chi connectivity index (χ2n) is 10.1. The summed E-state index contributed by atoms with van der Waals surface area (Å²) in [5.74, 6) is -0.429. The number of hydrogen-bond donors (Lipinski definition) is 1. The molecule has 3 saturated heterocycles. The first kappa shape index (κ1) is 26.4. The van der Waals surface area contributed by atoms with Crippen molar-refractivity contribution in [3.05, 3.63) is 41.4 Å². The minimum absolute atomic E-state index is 0.0687. The number of benzene rings is 2. The Labute approximate surface area is 222 Å². The molecule has 37 heavy (non-hydrogen) atoms. The lowest BCUT2D eigenvalue weighted by atomic mass is 10.1. The number of nitrogens with zero attached hydrogens (tertiary/aromatic N) is 3. The molecule has 3 aliphatic rings. The average molecular weight is 549 g/mol. The van der Waals surface area contributed by atoms with Crippen molar-refractivity contribution in [1.82, 2.24) is 19.4 Å². The summed E-state index contributed by atoms with van der Waals surface area (Å²) in [5.41, 5.74) is 0. The van der Waals surface area contributed by atoms with E-state index in [4.69, 9.17) is 16.3 Å². The standard InChI is InChI=1S/C26H33ClN4O5S/c1-18(25(32)31-9-2-3-22(31)17-29-11-13-36-14-12-29)30-10-8-24(26(30)33)28-37(34,35)23-7-5-19-15-21(27)6-4-20(19)16-23/h4-7,15-16,18,22,24,28H,2-3,8-14,17H2,1H3/t18-,22?,24-/m0/s1. The zero-order valence-corrected chi connectivity index (χ0v) is 22.5. The number of carbonyl (C=O) groups is 2. The highest BCUT2D eigenvalue weighted by Gasteiger charge is 2.42. The van der Waals surface area contributed by atoms with Crippen molar-refractivity contribution < 1.29 is 22.7 Å². The van der Waals surface area contributed by atoms with E-state index in [1.165, 1.54) is 11.0 Å². The van der Waals surface area contributed by atoms with E-state index in [2.05, 4.69) is 9.62 Å². The number of carbonyl (C=O) groups excluding carboxylic acids is 2. The van der Waals surface area contributed by atoms with Gasteiger partial charge in [0.1, 0.15) is 12.1 Å². The van der Waals surface area contributed by atoms with E-state index in [1.54, 1.807) is 37.3 Å². The van der Waals surface area contributed by atoms with Gasteiger partial charge >= 0.3 is 0 Å². The molecule has 3 aliphatic heterocycles. The third-order valence-electron chi connectivity index (χ3n) is 7.68. The summed E-state index contributed by atoms with van der Waals surface area (Å²) in [6.45, 7) is 6.73. The zero-order valence-electron chi connectivity index (χ0n) is 20.9. The number of nitrogens with one attached hydrogen (secondary N) is 1. The van der Waals surface area contributed by atoms with Gasteiger partial charge in [-0.2, -0.15) is 4.72 Å². The quantitative estimate of drug-likeness (QED) is 0.569. The van der Waals surface area contributed by atoms with Crippen molar-refractivity contribution in [2.24, 2.45) is 0 Å². The first-order valence-corrected chi connectivity index (χ1v) is 14.7. The van der Waals surface area contributed by atoms with Gasteiger partial charge in [0.2, 0.25) is 21.8 Å². The summed E-state index contributed by atoms with van der Waals surface area (Å²) >= 11 is 6.03. The highest BCUT2D eigenvalue weighted by molar-refractivity contribution is 7.89. The smallest absolute Gasteiger partial charge is 0.245 e. The maximum Gasteiger partial charge on any atom is 0.245 e. The number of likely N-dealkylation sites (tertiary alicyclic amines) is 2. The molecule has 3 heterocycles. The normalized spacial score (nSPS) is 24.2. The number of rotatable bonds is 7. The fraction of sp³-hybridized carbons (Fsp3) is 0.538. The zero-order chi connectivity index (χ0) is 26.2. The van der Waals surface area contributed by atoms with Gasteiger partial charge in [-0.05, 0) is 61.2 Å². The van der Waals surface area contributed by atoms with Crippen molar-refractivity contribution in [2.45, 2.75) is 49.2 Å². The van der Waals surface area contributed by atoms with Crippen LogP contribution in [0, 0.1) is 0 Å². The molecule has 3 atom stereocenters. The summed E-state index contributed by atoms with van der Waals surface area (Å²) in [6.07, 6.45) is 2.21. The summed E-state index contributed by atoms with van der Waals surface area (Å²) < 4.78 is 34.2. The minimum Gasteiger partial charge on any atom is -0.379 e. The van der Waals surface area contributed by atoms with Gasteiger partial charge in [0.05, 0.1) is 18.1 Å². The van der Waals surface area contributed by atoms with Gasteiger partial charge in [0.15, 0.2) is 0 Å². The van der Waals surface area contributed by atoms with Crippen LogP contribution in [-0.4, -0.2) is 99.0 Å². The Morgan fingerprint density at radius 3 is 2.59 bits per heavy atom. The Morgan fingerprint density at radius 1 is 1.08 bits per heavy atom. The molecule has 11 heteroatoms. The van der Waals surface area contributed by atoms with Gasteiger partial charge in [0.25, 0.3) is 0 Å². The van der Waals surface area contributed by atoms with Crippen molar-refractivity contribution >= 4 is 44.2 Å². The SMILES string of the molecule is C[C@@H](C(=O)N1CCCC1CN1CCOCC1)N1CC[C@H](NS(=O)(=O)c2ccc3cc(Cl)ccc3c2)C1=O. The van der Waals surface area contributed by atoms with Crippen LogP contribution in [0.4, 0.5) is 0 Å². The molecule has 2 aromatic rings. The predicted molar refractivity (Wildman–Crippen MR) is 141 cm³/mol. The lowest BCUT2D eigenvalue weighted by Crippen LogP contribution is -2.53. The van der Waals surface area contributed by atoms with E-state index in [9.17, 15) is 18.0 Å². The largest absolute Gasteiger partial charge is 0.379 e. The van der Waals surface area contributed by atoms with Gasteiger partial charge in [-0.25, -0.2) is 8.42 Å². The fourth-order valence-electron chi connectivity index (χ4n) is 5.58. The van der Waals surface area contributed by atoms with Gasteiger partial charge in [-0.1, -0.05) is 23.7 Å². The van der Waals surface area contributed by atoms with Crippen LogP contribution in [0.5, 0.6) is 0 Å². The Bertz CT molecular complexity index is 1280. The van der Waals surface area contributed by atoms with Gasteiger partial charge in [-0.3, -0.25) is 14.5 Å². The topological polar surface area (TPSA) is 99.3 Å². The maximum absolute atomic E-state index is 13.4. The molecule has 0 bridgehead atoms. The molecule has 0 spiro atoms. The lowest BCUT2D eigenvalue weighted by Gasteiger charge is -2.35. The fourth-order valence-corrected chi connectivity index (χ4v) is 7.02. The van der Waals surface area contributed by atoms with Crippen LogP contribution < -0.4 is 4.72 Å². The van der Waals surface area contributed by atoms with E-state index in [1.807, 2.05) is 4.90 Å². The van der Waals surface area contributed by atoms with Crippen LogP contribution in [-0.2, 0) is 24.3 Å². The monoisotopic (exact) mass is 548 g/mol. The van der Waals surface area contributed by atoms with E-state index in [-0.39, 0.29) is 22.8 Å². The number of hydrogen-bond acceptors (Lipinski definition) is 6. The molecule has 0 aromatic heterocycles. The highest BCUT2D eigenvalue weighted by Crippen LogP contribution is 2.26. The van der Waals surface area contributed by atoms with E-state index in [0.29, 0.717) is 37.7 Å². The molecule has 1 N–H and O–H groups in total. The molecule has 0 radical (unpaired) electrons. The molecular formula is C26H33ClN4O5S. The lowest BCUT2D eigenvalue weighted by molar-refractivity contribution is -0.144. The first-order valence-electron chi connectivity index (χ1n) is 12.9. The second kappa shape index (κ2) is 10.9. The van der Waals surface area contributed by atoms with Crippen molar-refractivity contribution in [3.63, 3.8) is 0 Å². The number of fused-ring (bicyclic) bond motifs is 1. The summed E-state index contributed by atoms with van der Waals surface area (Å²) in [7, 11) is -3.93. The average Bonchev–Trinajstić information content (AvgIpc) is 3.49. The van der Waals surface area contributed by atoms with Crippen LogP contribution in [0.3, 0.4) is 0 Å². The molecule has 5 rings (SSSR count). The highest BCUT2D eigenvalue weighted by atomic mass is 35.5. The number of sulfonamides is 1. The number of morpholine rings is 1. The molecule has 9 nitrogen and oxygen atoms in total. The Hall–Kier alpha value is -2.24. The molecule has 3 fully saturated rings. The molecular weight excluding hydrogens is 516 g/mol. The van der Waals surface area contributed by atoms with Crippen molar-refractivity contribution in [3.8, 4) is 0 Å². The number of ether oxygens (including phenoxy) is 1. The van der Waals surface area contributed by atoms with Crippen LogP contribution in [0.2, 0.25) is 5.02 Å². The van der Waals surface area contributed by atoms with E-state index >= 15 is 0 Å². The molecule has 2 amide bonds. The summed E-state index contributed by atoms with van der Waals surface area (Å²) in [5, 5.41) is 2.14. The minimum atomic E-state index is -3.93. The van der Waals surface area contributed by atoms with Crippen LogP contribution in [0.15, 0.2) is 41.3 Å². The van der Waals surface area contributed by atoms with E-state index in [0.717, 1.165) is 43.2 Å². The van der Waals surface area contributed by atoms with Gasteiger partial charge in [0, 0.05) is 43.8 Å². The van der Waals surface area contributed by atoms with Gasteiger partial charge in [-0.15, -0.1) is 0 Å². The first-order chi connectivity index (χ1) is 17.7. The molecule has 200 valence electrons. The third-order valence-corrected chi connectivity index (χ3v) is 9.38. The Morgan fingerprint density at radius 2 is 1.81 bits per heavy atom. The molecule has 0 saturated carbocycles. The Kier molecular flexibility index (Phi) is 7.74. The molecule has 0 aliphatic carbocycles. The number of amides is 2. The maximum atomic E-state index is 13.4. The second-order valence-corrected chi connectivity index (χ2v) is 12.2. The van der Waals surface area contributed by atoms with Crippen LogP contribution in [0.1, 0.15) is 26.2 Å². The van der Waals surface area contributed by atoms with Crippen LogP contribution in [0.25, 0.3) is 10.8 Å². The van der Waals surface area contributed by atoms with Crippen molar-refractivity contribution in [2.75, 3.05) is 45.9 Å². The number of halogens is 1. The van der Waals surface area contributed by atoms with Gasteiger partial charge < -0.3 is 14.5 Å². The van der Waals surface area contributed by atoms with Crippen molar-refractivity contribution in [1.29, 1.82) is 0 Å². The summed E-state index contributed by atoms with van der Waals surface area (Å²) in [4.78, 5) is 32.5. The van der Waals surface area contributed by atoms with Crippen LogP contribution >= 0.6 is 11.6 Å². The molecule has 1 unspecified atom stereocenters. The Balaban J connectivity index is 1.23. The third kappa shape index (κ3) is 5.63.